The van der Waals surface area contributed by atoms with Crippen LogP contribution < -0.4 is 4.74 Å². The summed E-state index contributed by atoms with van der Waals surface area (Å²) in [5.41, 5.74) is 4.88. The summed E-state index contributed by atoms with van der Waals surface area (Å²) >= 11 is 0. The van der Waals surface area contributed by atoms with E-state index in [4.69, 9.17) is 10.00 Å². The highest BCUT2D eigenvalue weighted by Crippen LogP contribution is 2.40. The van der Waals surface area contributed by atoms with Crippen LogP contribution in [-0.4, -0.2) is 7.11 Å². The molecule has 0 bridgehead atoms. The molecule has 1 atom stereocenters. The number of fused-ring (bicyclic) bond motifs is 1. The van der Waals surface area contributed by atoms with E-state index < -0.39 is 0 Å². The molecule has 0 N–H and O–H groups in total. The van der Waals surface area contributed by atoms with E-state index in [1.165, 1.54) is 11.1 Å². The van der Waals surface area contributed by atoms with Crippen LogP contribution in [0.2, 0.25) is 0 Å². The maximum atomic E-state index is 9.07. The predicted molar refractivity (Wildman–Crippen MR) is 84.1 cm³/mol. The number of benzene rings is 2. The Morgan fingerprint density at radius 1 is 1.14 bits per heavy atom. The van der Waals surface area contributed by atoms with Gasteiger partial charge in [0.15, 0.2) is 0 Å². The van der Waals surface area contributed by atoms with Crippen LogP contribution in [0.3, 0.4) is 0 Å². The largest absolute Gasteiger partial charge is 0.497 e. The van der Waals surface area contributed by atoms with Gasteiger partial charge in [-0.05, 0) is 53.2 Å². The minimum absolute atomic E-state index is 0.437. The molecule has 2 aromatic rings. The van der Waals surface area contributed by atoms with Gasteiger partial charge in [-0.2, -0.15) is 5.26 Å². The first-order valence-corrected chi connectivity index (χ1v) is 7.12. The fourth-order valence-corrected chi connectivity index (χ4v) is 3.05. The lowest BCUT2D eigenvalue weighted by Gasteiger charge is -2.27. The molecule has 2 heteroatoms. The molecule has 0 spiro atoms. The van der Waals surface area contributed by atoms with Crippen LogP contribution in [-0.2, 0) is 6.42 Å². The summed E-state index contributed by atoms with van der Waals surface area (Å²) in [4.78, 5) is 0. The Hall–Kier alpha value is -2.53. The van der Waals surface area contributed by atoms with E-state index in [9.17, 15) is 0 Å². The van der Waals surface area contributed by atoms with Crippen molar-refractivity contribution < 1.29 is 4.74 Å². The zero-order chi connectivity index (χ0) is 14.7. The predicted octanol–water partition coefficient (Wildman–Crippen LogP) is 4.33. The number of nitrogens with zero attached hydrogens (tertiary/aromatic N) is 1. The van der Waals surface area contributed by atoms with Crippen LogP contribution >= 0.6 is 0 Å². The van der Waals surface area contributed by atoms with Crippen molar-refractivity contribution in [1.29, 1.82) is 5.26 Å². The van der Waals surface area contributed by atoms with Gasteiger partial charge >= 0.3 is 0 Å². The lowest BCUT2D eigenvalue weighted by Crippen LogP contribution is -2.12. The molecule has 1 aliphatic rings. The molecule has 0 aliphatic heterocycles. The highest BCUT2D eigenvalue weighted by molar-refractivity contribution is 5.74. The number of methoxy groups -OCH3 is 1. The van der Waals surface area contributed by atoms with E-state index in [0.29, 0.717) is 5.92 Å². The van der Waals surface area contributed by atoms with Gasteiger partial charge in [-0.15, -0.1) is 0 Å². The summed E-state index contributed by atoms with van der Waals surface area (Å²) in [6.07, 6.45) is 3.58. The van der Waals surface area contributed by atoms with Crippen molar-refractivity contribution in [2.75, 3.05) is 7.11 Å². The Labute approximate surface area is 125 Å². The zero-order valence-electron chi connectivity index (χ0n) is 12.0. The van der Waals surface area contributed by atoms with Gasteiger partial charge in [0.2, 0.25) is 0 Å². The summed E-state index contributed by atoms with van der Waals surface area (Å²) in [7, 11) is 1.67. The van der Waals surface area contributed by atoms with Gasteiger partial charge in [-0.3, -0.25) is 0 Å². The van der Waals surface area contributed by atoms with Crippen molar-refractivity contribution in [3.63, 3.8) is 0 Å². The monoisotopic (exact) mass is 275 g/mol. The molecular weight excluding hydrogens is 258 g/mol. The third-order valence-corrected chi connectivity index (χ3v) is 4.11. The minimum atomic E-state index is 0.437. The van der Waals surface area contributed by atoms with Crippen LogP contribution in [0.1, 0.15) is 29.0 Å². The van der Waals surface area contributed by atoms with Crippen molar-refractivity contribution in [3.8, 4) is 11.8 Å². The Morgan fingerprint density at radius 3 is 2.67 bits per heavy atom. The lowest BCUT2D eigenvalue weighted by molar-refractivity contribution is 0.414. The molecule has 21 heavy (non-hydrogen) atoms. The van der Waals surface area contributed by atoms with E-state index in [2.05, 4.69) is 36.4 Å². The fourth-order valence-electron chi connectivity index (χ4n) is 3.05. The molecule has 2 nitrogen and oxygen atoms in total. The van der Waals surface area contributed by atoms with Crippen molar-refractivity contribution in [3.05, 3.63) is 71.3 Å². The van der Waals surface area contributed by atoms with E-state index in [-0.39, 0.29) is 0 Å². The third kappa shape index (κ3) is 2.68. The highest BCUT2D eigenvalue weighted by Gasteiger charge is 2.24. The number of allylic oxidation sites excluding steroid dienone is 2. The molecule has 0 radical (unpaired) electrons. The van der Waals surface area contributed by atoms with E-state index >= 15 is 0 Å². The van der Waals surface area contributed by atoms with E-state index in [1.54, 1.807) is 13.2 Å². The molecule has 1 unspecified atom stereocenters. The normalized spacial score (nSPS) is 18.9. The molecule has 0 saturated carbocycles. The van der Waals surface area contributed by atoms with Crippen LogP contribution in [0.5, 0.6) is 5.75 Å². The van der Waals surface area contributed by atoms with Gasteiger partial charge in [0.05, 0.1) is 13.2 Å². The van der Waals surface area contributed by atoms with Gasteiger partial charge in [-0.1, -0.05) is 36.4 Å². The van der Waals surface area contributed by atoms with Gasteiger partial charge in [0, 0.05) is 6.08 Å². The average Bonchev–Trinajstić information content (AvgIpc) is 2.55. The molecule has 3 rings (SSSR count). The van der Waals surface area contributed by atoms with E-state index in [1.807, 2.05) is 18.2 Å². The third-order valence-electron chi connectivity index (χ3n) is 4.11. The van der Waals surface area contributed by atoms with E-state index in [0.717, 1.165) is 29.7 Å². The molecule has 104 valence electrons. The molecule has 0 saturated heterocycles. The van der Waals surface area contributed by atoms with Crippen LogP contribution in [0, 0.1) is 11.3 Å². The van der Waals surface area contributed by atoms with Crippen molar-refractivity contribution >= 4 is 5.57 Å². The summed E-state index contributed by atoms with van der Waals surface area (Å²) in [6, 6.07) is 18.9. The SMILES string of the molecule is COc1ccc2c(c1)/C(=C/C#N)CC(c1ccccc1)C2. The topological polar surface area (TPSA) is 33.0 Å². The Kier molecular flexibility index (Phi) is 3.75. The first kappa shape index (κ1) is 13.5. The number of hydrogen-bond acceptors (Lipinski definition) is 2. The molecule has 0 heterocycles. The Bertz CT molecular complexity index is 710. The maximum absolute atomic E-state index is 9.07. The number of nitriles is 1. The maximum Gasteiger partial charge on any atom is 0.119 e. The number of hydrogen-bond donors (Lipinski definition) is 0. The van der Waals surface area contributed by atoms with Gasteiger partial charge in [0.1, 0.15) is 5.75 Å². The smallest absolute Gasteiger partial charge is 0.119 e. The first-order chi connectivity index (χ1) is 10.3. The fraction of sp³-hybridized carbons (Fsp3) is 0.211. The van der Waals surface area contributed by atoms with Gasteiger partial charge in [0.25, 0.3) is 0 Å². The first-order valence-electron chi connectivity index (χ1n) is 7.12. The summed E-state index contributed by atoms with van der Waals surface area (Å²) in [5, 5.41) is 9.07. The van der Waals surface area contributed by atoms with Crippen LogP contribution in [0.4, 0.5) is 0 Å². The highest BCUT2D eigenvalue weighted by atomic mass is 16.5. The molecule has 0 aromatic heterocycles. The molecular formula is C19H17NO. The second kappa shape index (κ2) is 5.85. The molecule has 1 aliphatic carbocycles. The van der Waals surface area contributed by atoms with Crippen molar-refractivity contribution in [2.45, 2.75) is 18.8 Å². The minimum Gasteiger partial charge on any atom is -0.497 e. The standard InChI is InChI=1S/C19H17NO/c1-21-18-8-7-15-11-17(14-5-3-2-4-6-14)12-16(9-10-20)19(15)13-18/h2-9,13,17H,11-12H2,1H3/b16-9+. The quantitative estimate of drug-likeness (QED) is 0.764. The number of rotatable bonds is 2. The van der Waals surface area contributed by atoms with Crippen molar-refractivity contribution in [1.82, 2.24) is 0 Å². The summed E-state index contributed by atoms with van der Waals surface area (Å²) in [5.74, 6) is 1.28. The zero-order valence-corrected chi connectivity index (χ0v) is 12.0. The number of ether oxygens (including phenoxy) is 1. The Balaban J connectivity index is 2.03. The summed E-state index contributed by atoms with van der Waals surface area (Å²) < 4.78 is 5.31. The van der Waals surface area contributed by atoms with Gasteiger partial charge < -0.3 is 4.74 Å². The molecule has 0 amide bonds. The summed E-state index contributed by atoms with van der Waals surface area (Å²) in [6.45, 7) is 0. The Morgan fingerprint density at radius 2 is 1.95 bits per heavy atom. The van der Waals surface area contributed by atoms with Crippen LogP contribution in [0.15, 0.2) is 54.6 Å². The van der Waals surface area contributed by atoms with Crippen LogP contribution in [0.25, 0.3) is 5.57 Å². The lowest BCUT2D eigenvalue weighted by atomic mass is 9.77. The van der Waals surface area contributed by atoms with Crippen molar-refractivity contribution in [2.24, 2.45) is 0 Å². The second-order valence-electron chi connectivity index (χ2n) is 5.34. The average molecular weight is 275 g/mol. The molecule has 2 aromatic carbocycles. The van der Waals surface area contributed by atoms with Gasteiger partial charge in [-0.25, -0.2) is 0 Å². The molecule has 0 fully saturated rings. The second-order valence-corrected chi connectivity index (χ2v) is 5.34.